The van der Waals surface area contributed by atoms with E-state index in [0.717, 1.165) is 12.3 Å². The molecule has 2 aliphatic carbocycles. The van der Waals surface area contributed by atoms with Crippen LogP contribution in [0, 0.1) is 0 Å². The van der Waals surface area contributed by atoms with Crippen molar-refractivity contribution in [2.24, 2.45) is 0 Å². The minimum absolute atomic E-state index is 0.740. The summed E-state index contributed by atoms with van der Waals surface area (Å²) in [5.74, 6) is 0.740. The summed E-state index contributed by atoms with van der Waals surface area (Å²) in [6.07, 6.45) is 13.6. The highest BCUT2D eigenvalue weighted by Crippen LogP contribution is 2.32. The van der Waals surface area contributed by atoms with Crippen LogP contribution in [0.1, 0.15) is 6.42 Å². The molecule has 0 saturated heterocycles. The van der Waals surface area contributed by atoms with Crippen LogP contribution in [0.15, 0.2) is 58.3 Å². The highest BCUT2D eigenvalue weighted by Gasteiger charge is 2.34. The molecule has 82 valence electrons. The average Bonchev–Trinajstić information content (AvgIpc) is 2.96. The third-order valence-corrected chi connectivity index (χ3v) is 7.82. The van der Waals surface area contributed by atoms with Crippen LogP contribution in [0.25, 0.3) is 0 Å². The summed E-state index contributed by atoms with van der Waals surface area (Å²) in [6, 6.07) is 1.18. The van der Waals surface area contributed by atoms with Crippen LogP contribution in [0.2, 0.25) is 12.6 Å². The highest BCUT2D eigenvalue weighted by molar-refractivity contribution is 6.92. The molecule has 0 unspecified atom stereocenters. The number of hydrogen-bond donors (Lipinski definition) is 0. The lowest BCUT2D eigenvalue weighted by Gasteiger charge is -2.26. The van der Waals surface area contributed by atoms with Crippen LogP contribution >= 0.6 is 11.6 Å². The van der Waals surface area contributed by atoms with Crippen molar-refractivity contribution in [3.63, 3.8) is 0 Å². The van der Waals surface area contributed by atoms with E-state index in [1.54, 1.807) is 0 Å². The van der Waals surface area contributed by atoms with Gasteiger partial charge in [0.2, 0.25) is 0 Å². The van der Waals surface area contributed by atoms with Gasteiger partial charge in [-0.15, -0.1) is 23.1 Å². The predicted octanol–water partition coefficient (Wildman–Crippen LogP) is 4.07. The lowest BCUT2D eigenvalue weighted by molar-refractivity contribution is 1.06. The minimum atomic E-state index is -1.61. The molecule has 2 rings (SSSR count). The second kappa shape index (κ2) is 4.91. The molecule has 16 heavy (non-hydrogen) atoms. The molecule has 0 saturated carbocycles. The fraction of sp³-hybridized carbons (Fsp3) is 0.286. The maximum Gasteiger partial charge on any atom is 0.134 e. The zero-order valence-electron chi connectivity index (χ0n) is 9.46. The van der Waals surface area contributed by atoms with Crippen LogP contribution in [0.5, 0.6) is 0 Å². The molecule has 0 aromatic rings. The van der Waals surface area contributed by atoms with E-state index in [9.17, 15) is 0 Å². The first-order chi connectivity index (χ1) is 7.77. The van der Waals surface area contributed by atoms with Gasteiger partial charge in [-0.2, -0.15) is 0 Å². The Bertz CT molecular complexity index is 429. The molecule has 2 heteroatoms. The Kier molecular flexibility index (Phi) is 3.53. The largest absolute Gasteiger partial charge is 0.134 e. The zero-order chi connectivity index (χ0) is 11.4. The molecule has 0 aromatic carbocycles. The SMILES string of the molecule is C[Si](CCCCl)(C1=C=CC=C1)C1=C=CC=C1. The Balaban J connectivity index is 2.33. The van der Waals surface area contributed by atoms with Crippen LogP contribution in [0.3, 0.4) is 0 Å². The van der Waals surface area contributed by atoms with Gasteiger partial charge in [-0.1, -0.05) is 30.9 Å². The molecule has 0 spiro atoms. The first-order valence-electron chi connectivity index (χ1n) is 5.61. The van der Waals surface area contributed by atoms with E-state index in [4.69, 9.17) is 11.6 Å². The van der Waals surface area contributed by atoms with Gasteiger partial charge in [0, 0.05) is 5.88 Å². The molecule has 0 N–H and O–H groups in total. The molecule has 0 fully saturated rings. The maximum atomic E-state index is 5.83. The van der Waals surface area contributed by atoms with Crippen LogP contribution in [-0.2, 0) is 0 Å². The number of allylic oxidation sites excluding steroid dienone is 6. The second-order valence-corrected chi connectivity index (χ2v) is 8.91. The topological polar surface area (TPSA) is 0 Å². The summed E-state index contributed by atoms with van der Waals surface area (Å²) >= 11 is 5.83. The maximum absolute atomic E-state index is 5.83. The summed E-state index contributed by atoms with van der Waals surface area (Å²) in [5, 5.41) is 2.75. The summed E-state index contributed by atoms with van der Waals surface area (Å²) in [4.78, 5) is 0. The molecule has 0 bridgehead atoms. The monoisotopic (exact) mass is 246 g/mol. The van der Waals surface area contributed by atoms with Crippen molar-refractivity contribution in [1.82, 2.24) is 0 Å². The van der Waals surface area contributed by atoms with Crippen molar-refractivity contribution in [3.05, 3.63) is 58.3 Å². The van der Waals surface area contributed by atoms with Gasteiger partial charge >= 0.3 is 0 Å². The number of hydrogen-bond acceptors (Lipinski definition) is 0. The molecule has 2 aliphatic rings. The average molecular weight is 247 g/mol. The molecular weight excluding hydrogens is 232 g/mol. The standard InChI is InChI=1S/C14H15ClSi/c1-16(12-6-11-15,13-7-2-3-8-13)14-9-4-5-10-14/h2-5,7,9H,6,11-12H2,1H3. The highest BCUT2D eigenvalue weighted by atomic mass is 35.5. The third-order valence-electron chi connectivity index (χ3n) is 3.20. The molecule has 0 heterocycles. The molecule has 0 nitrogen and oxygen atoms in total. The van der Waals surface area contributed by atoms with Gasteiger partial charge in [0.1, 0.15) is 8.07 Å². The molecule has 0 amide bonds. The summed E-state index contributed by atoms with van der Waals surface area (Å²) < 4.78 is 0. The first-order valence-corrected chi connectivity index (χ1v) is 8.85. The van der Waals surface area contributed by atoms with Crippen LogP contribution in [-0.4, -0.2) is 14.0 Å². The fourth-order valence-electron chi connectivity index (χ4n) is 2.18. The van der Waals surface area contributed by atoms with E-state index in [0.29, 0.717) is 0 Å². The van der Waals surface area contributed by atoms with E-state index in [1.807, 2.05) is 12.2 Å². The number of halogens is 1. The van der Waals surface area contributed by atoms with Crippen molar-refractivity contribution in [2.45, 2.75) is 19.0 Å². The Hall–Kier alpha value is -0.973. The van der Waals surface area contributed by atoms with Crippen molar-refractivity contribution in [1.29, 1.82) is 0 Å². The molecular formula is C14H15ClSi. The molecule has 0 aliphatic heterocycles. The smallest absolute Gasteiger partial charge is 0.127 e. The second-order valence-electron chi connectivity index (χ2n) is 4.29. The van der Waals surface area contributed by atoms with Crippen LogP contribution in [0.4, 0.5) is 0 Å². The first kappa shape index (κ1) is 11.5. The van der Waals surface area contributed by atoms with Crippen molar-refractivity contribution >= 4 is 19.7 Å². The van der Waals surface area contributed by atoms with Gasteiger partial charge in [0.05, 0.1) is 0 Å². The van der Waals surface area contributed by atoms with E-state index in [-0.39, 0.29) is 0 Å². The molecule has 0 atom stereocenters. The number of rotatable bonds is 5. The fourth-order valence-corrected chi connectivity index (χ4v) is 5.98. The molecule has 0 radical (unpaired) electrons. The van der Waals surface area contributed by atoms with Crippen molar-refractivity contribution < 1.29 is 0 Å². The van der Waals surface area contributed by atoms with E-state index >= 15 is 0 Å². The van der Waals surface area contributed by atoms with E-state index < -0.39 is 8.07 Å². The summed E-state index contributed by atoms with van der Waals surface area (Å²) in [7, 11) is -1.61. The normalized spacial score (nSPS) is 17.1. The Morgan fingerprint density at radius 1 is 1.12 bits per heavy atom. The summed E-state index contributed by atoms with van der Waals surface area (Å²) in [6.45, 7) is 2.39. The Morgan fingerprint density at radius 3 is 2.06 bits per heavy atom. The van der Waals surface area contributed by atoms with Gasteiger partial charge in [0.25, 0.3) is 0 Å². The van der Waals surface area contributed by atoms with Gasteiger partial charge < -0.3 is 0 Å². The van der Waals surface area contributed by atoms with Crippen molar-refractivity contribution in [3.8, 4) is 0 Å². The lowest BCUT2D eigenvalue weighted by Crippen LogP contribution is -2.34. The van der Waals surface area contributed by atoms with E-state index in [2.05, 4.69) is 42.3 Å². The van der Waals surface area contributed by atoms with E-state index in [1.165, 1.54) is 16.4 Å². The summed E-state index contributed by atoms with van der Waals surface area (Å²) in [5.41, 5.74) is 6.75. The lowest BCUT2D eigenvalue weighted by atomic mass is 10.5. The van der Waals surface area contributed by atoms with Crippen LogP contribution < -0.4 is 0 Å². The van der Waals surface area contributed by atoms with Gasteiger partial charge in [-0.05, 0) is 35.0 Å². The van der Waals surface area contributed by atoms with Gasteiger partial charge in [-0.25, -0.2) is 0 Å². The Labute approximate surface area is 103 Å². The zero-order valence-corrected chi connectivity index (χ0v) is 11.2. The quantitative estimate of drug-likeness (QED) is 0.390. The Morgan fingerprint density at radius 2 is 1.69 bits per heavy atom. The third kappa shape index (κ3) is 2.09. The predicted molar refractivity (Wildman–Crippen MR) is 73.2 cm³/mol. The van der Waals surface area contributed by atoms with Gasteiger partial charge in [-0.3, -0.25) is 0 Å². The van der Waals surface area contributed by atoms with Crippen molar-refractivity contribution in [2.75, 3.05) is 5.88 Å². The number of alkyl halides is 1. The molecule has 0 aromatic heterocycles. The minimum Gasteiger partial charge on any atom is -0.127 e. The van der Waals surface area contributed by atoms with Gasteiger partial charge in [0.15, 0.2) is 0 Å².